The van der Waals surface area contributed by atoms with Crippen molar-refractivity contribution in [1.29, 1.82) is 0 Å². The van der Waals surface area contributed by atoms with Gasteiger partial charge < -0.3 is 0 Å². The molecule has 0 spiro atoms. The highest BCUT2D eigenvalue weighted by molar-refractivity contribution is 5.62. The average Bonchev–Trinajstić information content (AvgIpc) is 2.17. The predicted octanol–water partition coefficient (Wildman–Crippen LogP) is 0.982. The van der Waals surface area contributed by atoms with E-state index in [1.54, 1.807) is 6.20 Å². The Balaban J connectivity index is 2.36. The fraction of sp³-hybridized carbons (Fsp3) is 0.333. The molecule has 2 heteroatoms. The molecule has 56 valence electrons. The van der Waals surface area contributed by atoms with Crippen LogP contribution in [-0.4, -0.2) is 30.9 Å². The summed E-state index contributed by atoms with van der Waals surface area (Å²) in [5.74, 6) is 2.87. The van der Waals surface area contributed by atoms with E-state index < -0.39 is 0 Å². The van der Waals surface area contributed by atoms with E-state index >= 15 is 0 Å². The molecular weight excluding hydrogens is 136 g/mol. The molecule has 0 aromatic carbocycles. The lowest BCUT2D eigenvalue weighted by Crippen LogP contribution is -2.14. The smallest absolute Gasteiger partial charge is 0.0371 e. The molecule has 0 saturated carbocycles. The highest BCUT2D eigenvalue weighted by Gasteiger charge is 2.15. The minimum Gasteiger partial charge on any atom is -0.298 e. The van der Waals surface area contributed by atoms with Crippen LogP contribution in [0.2, 0.25) is 0 Å². The lowest BCUT2D eigenvalue weighted by atomic mass is 10.1. The second kappa shape index (κ2) is 2.50. The minimum atomic E-state index is 1.03. The predicted molar refractivity (Wildman–Crippen MR) is 45.7 cm³/mol. The fourth-order valence-corrected chi connectivity index (χ4v) is 1.42. The largest absolute Gasteiger partial charge is 0.298 e. The molecule has 11 heavy (non-hydrogen) atoms. The molecule has 0 N–H and O–H groups in total. The molecule has 2 aliphatic heterocycles. The van der Waals surface area contributed by atoms with E-state index in [4.69, 9.17) is 0 Å². The molecule has 0 radical (unpaired) electrons. The lowest BCUT2D eigenvalue weighted by Gasteiger charge is -2.04. The number of nitrogens with zero attached hydrogens (tertiary/aromatic N) is 2. The van der Waals surface area contributed by atoms with Crippen LogP contribution in [0.3, 0.4) is 0 Å². The number of likely N-dealkylation sites (N-methyl/N-ethyl adjacent to an activating group) is 1. The van der Waals surface area contributed by atoms with Crippen LogP contribution in [-0.2, 0) is 0 Å². The topological polar surface area (TPSA) is 15.6 Å². The van der Waals surface area contributed by atoms with Gasteiger partial charge in [0.15, 0.2) is 0 Å². The van der Waals surface area contributed by atoms with Crippen LogP contribution in [0.25, 0.3) is 0 Å². The molecule has 0 amide bonds. The summed E-state index contributed by atoms with van der Waals surface area (Å²) >= 11 is 0. The van der Waals surface area contributed by atoms with Crippen molar-refractivity contribution in [2.45, 2.75) is 0 Å². The SMILES string of the molecule is CN1CC2=C(C=CN=C=C2)C1. The Labute approximate surface area is 66.2 Å². The number of hydrogen-bond donors (Lipinski definition) is 0. The molecule has 2 aliphatic rings. The monoisotopic (exact) mass is 146 g/mol. The summed E-state index contributed by atoms with van der Waals surface area (Å²) in [6.07, 6.45) is 5.84. The highest BCUT2D eigenvalue weighted by atomic mass is 15.1. The van der Waals surface area contributed by atoms with Gasteiger partial charge in [-0.1, -0.05) is 0 Å². The third kappa shape index (κ3) is 1.18. The van der Waals surface area contributed by atoms with E-state index in [9.17, 15) is 0 Å². The minimum absolute atomic E-state index is 1.03. The molecule has 0 saturated heterocycles. The maximum atomic E-state index is 3.93. The van der Waals surface area contributed by atoms with Crippen molar-refractivity contribution in [3.05, 3.63) is 29.5 Å². The Morgan fingerprint density at radius 1 is 1.45 bits per heavy atom. The molecule has 2 rings (SSSR count). The van der Waals surface area contributed by atoms with Gasteiger partial charge in [0, 0.05) is 25.4 Å². The molecule has 0 aliphatic carbocycles. The second-order valence-electron chi connectivity index (χ2n) is 2.94. The zero-order chi connectivity index (χ0) is 7.68. The van der Waals surface area contributed by atoms with Crippen LogP contribution in [0.1, 0.15) is 0 Å². The quantitative estimate of drug-likeness (QED) is 0.497. The van der Waals surface area contributed by atoms with Crippen molar-refractivity contribution in [3.8, 4) is 0 Å². The summed E-state index contributed by atoms with van der Waals surface area (Å²) < 4.78 is 0. The average molecular weight is 146 g/mol. The lowest BCUT2D eigenvalue weighted by molar-refractivity contribution is 0.428. The standard InChI is InChI=1S/C9H10N2/c1-11-6-8-2-4-10-5-3-9(8)7-11/h2-4H,6-7H2,1H3. The van der Waals surface area contributed by atoms with Crippen LogP contribution in [0.5, 0.6) is 0 Å². The first-order valence-electron chi connectivity index (χ1n) is 3.72. The Hall–Kier alpha value is -1.11. The summed E-state index contributed by atoms with van der Waals surface area (Å²) in [5, 5.41) is 0. The third-order valence-corrected chi connectivity index (χ3v) is 1.96. The Morgan fingerprint density at radius 3 is 3.18 bits per heavy atom. The summed E-state index contributed by atoms with van der Waals surface area (Å²) in [6, 6.07) is 0. The molecular formula is C9H10N2. The summed E-state index contributed by atoms with van der Waals surface area (Å²) in [6.45, 7) is 2.07. The van der Waals surface area contributed by atoms with Gasteiger partial charge in [-0.25, -0.2) is 4.99 Å². The van der Waals surface area contributed by atoms with Crippen LogP contribution in [0, 0.1) is 0 Å². The van der Waals surface area contributed by atoms with Gasteiger partial charge in [-0.2, -0.15) is 0 Å². The third-order valence-electron chi connectivity index (χ3n) is 1.96. The number of rotatable bonds is 0. The van der Waals surface area contributed by atoms with Crippen molar-refractivity contribution in [3.63, 3.8) is 0 Å². The van der Waals surface area contributed by atoms with Crippen LogP contribution < -0.4 is 0 Å². The molecule has 0 fully saturated rings. The van der Waals surface area contributed by atoms with E-state index in [0.717, 1.165) is 13.1 Å². The van der Waals surface area contributed by atoms with Gasteiger partial charge in [0.1, 0.15) is 0 Å². The van der Waals surface area contributed by atoms with Crippen LogP contribution in [0.15, 0.2) is 34.5 Å². The molecule has 2 nitrogen and oxygen atoms in total. The molecule has 0 aromatic heterocycles. The van der Waals surface area contributed by atoms with Crippen LogP contribution >= 0.6 is 0 Å². The van der Waals surface area contributed by atoms with Crippen molar-refractivity contribution < 1.29 is 0 Å². The zero-order valence-electron chi connectivity index (χ0n) is 6.54. The number of aliphatic imine (C=N–C) groups is 1. The normalized spacial score (nSPS) is 22.6. The van der Waals surface area contributed by atoms with E-state index in [1.165, 1.54) is 11.1 Å². The zero-order valence-corrected chi connectivity index (χ0v) is 6.54. The van der Waals surface area contributed by atoms with E-state index in [1.807, 2.05) is 6.08 Å². The molecule has 2 heterocycles. The Kier molecular flexibility index (Phi) is 1.50. The number of hydrogen-bond acceptors (Lipinski definition) is 2. The molecule has 0 aromatic rings. The summed E-state index contributed by atoms with van der Waals surface area (Å²) in [7, 11) is 2.12. The summed E-state index contributed by atoms with van der Waals surface area (Å²) in [4.78, 5) is 6.21. The van der Waals surface area contributed by atoms with E-state index in [0.29, 0.717) is 0 Å². The molecule has 0 unspecified atom stereocenters. The molecule has 0 atom stereocenters. The molecule has 0 bridgehead atoms. The van der Waals surface area contributed by atoms with E-state index in [2.05, 4.69) is 28.9 Å². The van der Waals surface area contributed by atoms with Gasteiger partial charge in [0.05, 0.1) is 0 Å². The van der Waals surface area contributed by atoms with Crippen molar-refractivity contribution in [1.82, 2.24) is 4.90 Å². The summed E-state index contributed by atoms with van der Waals surface area (Å²) in [5.41, 5.74) is 2.73. The van der Waals surface area contributed by atoms with Crippen molar-refractivity contribution >= 4 is 5.87 Å². The van der Waals surface area contributed by atoms with Gasteiger partial charge in [-0.3, -0.25) is 4.90 Å². The Morgan fingerprint density at radius 2 is 2.27 bits per heavy atom. The van der Waals surface area contributed by atoms with E-state index in [-0.39, 0.29) is 0 Å². The maximum absolute atomic E-state index is 3.93. The fourth-order valence-electron chi connectivity index (χ4n) is 1.42. The first kappa shape index (κ1) is 6.59. The van der Waals surface area contributed by atoms with Crippen molar-refractivity contribution in [2.75, 3.05) is 20.1 Å². The first-order valence-corrected chi connectivity index (χ1v) is 3.72. The van der Waals surface area contributed by atoms with Gasteiger partial charge >= 0.3 is 0 Å². The Bertz CT molecular complexity index is 291. The van der Waals surface area contributed by atoms with Gasteiger partial charge in [-0.05, 0) is 30.1 Å². The van der Waals surface area contributed by atoms with Gasteiger partial charge in [0.2, 0.25) is 0 Å². The highest BCUT2D eigenvalue weighted by Crippen LogP contribution is 2.18. The second-order valence-corrected chi connectivity index (χ2v) is 2.94. The van der Waals surface area contributed by atoms with Crippen LogP contribution in [0.4, 0.5) is 0 Å². The van der Waals surface area contributed by atoms with Gasteiger partial charge in [-0.15, -0.1) is 0 Å². The van der Waals surface area contributed by atoms with Crippen molar-refractivity contribution in [2.24, 2.45) is 4.99 Å². The first-order chi connectivity index (χ1) is 5.36. The maximum Gasteiger partial charge on any atom is 0.0371 e. The van der Waals surface area contributed by atoms with Gasteiger partial charge in [0.25, 0.3) is 0 Å².